The average molecular weight is 348 g/mol. The molecule has 1 unspecified atom stereocenters. The van der Waals surface area contributed by atoms with Gasteiger partial charge in [-0.05, 0) is 30.2 Å². The maximum atomic E-state index is 5.58. The van der Waals surface area contributed by atoms with E-state index in [-0.39, 0.29) is 6.04 Å². The SMILES string of the molecule is COc1cc(OC)c(-c2ccccc2)cc1CNC(C)c1cccnc1. The van der Waals surface area contributed by atoms with Crippen LogP contribution in [0.3, 0.4) is 0 Å². The van der Waals surface area contributed by atoms with Crippen LogP contribution < -0.4 is 14.8 Å². The molecule has 3 aromatic rings. The third-order valence-corrected chi connectivity index (χ3v) is 4.47. The van der Waals surface area contributed by atoms with E-state index >= 15 is 0 Å². The van der Waals surface area contributed by atoms with Crippen molar-refractivity contribution in [3.05, 3.63) is 78.1 Å². The number of nitrogens with one attached hydrogen (secondary N) is 1. The fraction of sp³-hybridized carbons (Fsp3) is 0.227. The second kappa shape index (κ2) is 8.50. The second-order valence-electron chi connectivity index (χ2n) is 6.12. The van der Waals surface area contributed by atoms with E-state index < -0.39 is 0 Å². The van der Waals surface area contributed by atoms with Crippen molar-refractivity contribution in [2.24, 2.45) is 0 Å². The van der Waals surface area contributed by atoms with Crippen molar-refractivity contribution in [3.63, 3.8) is 0 Å². The number of methoxy groups -OCH3 is 2. The minimum atomic E-state index is 0.190. The lowest BCUT2D eigenvalue weighted by Gasteiger charge is -2.18. The Morgan fingerprint density at radius 3 is 2.38 bits per heavy atom. The van der Waals surface area contributed by atoms with Crippen LogP contribution in [-0.4, -0.2) is 19.2 Å². The summed E-state index contributed by atoms with van der Waals surface area (Å²) in [4.78, 5) is 4.19. The predicted octanol–water partition coefficient (Wildman–Crippen LogP) is 4.62. The third-order valence-electron chi connectivity index (χ3n) is 4.47. The first kappa shape index (κ1) is 18.0. The molecule has 4 heteroatoms. The molecule has 0 aliphatic carbocycles. The Kier molecular flexibility index (Phi) is 5.87. The molecule has 0 radical (unpaired) electrons. The van der Waals surface area contributed by atoms with E-state index in [1.54, 1.807) is 20.4 Å². The van der Waals surface area contributed by atoms with E-state index in [0.717, 1.165) is 33.8 Å². The van der Waals surface area contributed by atoms with Gasteiger partial charge in [0.05, 0.1) is 14.2 Å². The Bertz CT molecular complexity index is 836. The first-order valence-electron chi connectivity index (χ1n) is 8.66. The van der Waals surface area contributed by atoms with Crippen molar-refractivity contribution in [2.75, 3.05) is 14.2 Å². The zero-order valence-corrected chi connectivity index (χ0v) is 15.4. The fourth-order valence-corrected chi connectivity index (χ4v) is 2.96. The largest absolute Gasteiger partial charge is 0.496 e. The van der Waals surface area contributed by atoms with Crippen molar-refractivity contribution in [3.8, 4) is 22.6 Å². The normalized spacial score (nSPS) is 11.8. The van der Waals surface area contributed by atoms with E-state index in [9.17, 15) is 0 Å². The highest BCUT2D eigenvalue weighted by molar-refractivity contribution is 5.73. The van der Waals surface area contributed by atoms with Gasteiger partial charge < -0.3 is 14.8 Å². The summed E-state index contributed by atoms with van der Waals surface area (Å²) in [5.74, 6) is 1.62. The van der Waals surface area contributed by atoms with Crippen molar-refractivity contribution in [1.82, 2.24) is 10.3 Å². The third kappa shape index (κ3) is 4.03. The van der Waals surface area contributed by atoms with Gasteiger partial charge in [0.2, 0.25) is 0 Å². The Labute approximate surface area is 154 Å². The molecule has 0 amide bonds. The van der Waals surface area contributed by atoms with Crippen LogP contribution in [0.25, 0.3) is 11.1 Å². The number of nitrogens with zero attached hydrogens (tertiary/aromatic N) is 1. The molecule has 26 heavy (non-hydrogen) atoms. The summed E-state index contributed by atoms with van der Waals surface area (Å²) in [5, 5.41) is 3.55. The molecule has 1 heterocycles. The fourth-order valence-electron chi connectivity index (χ4n) is 2.96. The smallest absolute Gasteiger partial charge is 0.130 e. The molecule has 2 aromatic carbocycles. The topological polar surface area (TPSA) is 43.4 Å². The highest BCUT2D eigenvalue weighted by Gasteiger charge is 2.14. The van der Waals surface area contributed by atoms with Crippen LogP contribution in [-0.2, 0) is 6.54 Å². The van der Waals surface area contributed by atoms with Gasteiger partial charge in [-0.2, -0.15) is 0 Å². The second-order valence-corrected chi connectivity index (χ2v) is 6.12. The van der Waals surface area contributed by atoms with Gasteiger partial charge in [0.1, 0.15) is 11.5 Å². The Hall–Kier alpha value is -2.85. The van der Waals surface area contributed by atoms with Gasteiger partial charge in [-0.25, -0.2) is 0 Å². The van der Waals surface area contributed by atoms with Gasteiger partial charge in [0.15, 0.2) is 0 Å². The van der Waals surface area contributed by atoms with E-state index in [4.69, 9.17) is 9.47 Å². The number of aromatic nitrogens is 1. The Morgan fingerprint density at radius 2 is 1.73 bits per heavy atom. The lowest BCUT2D eigenvalue weighted by Crippen LogP contribution is -2.18. The number of ether oxygens (including phenoxy) is 2. The summed E-state index contributed by atoms with van der Waals surface area (Å²) in [6, 6.07) is 18.5. The van der Waals surface area contributed by atoms with Gasteiger partial charge in [-0.3, -0.25) is 4.98 Å². The number of rotatable bonds is 7. The molecule has 0 fully saturated rings. The first-order valence-corrected chi connectivity index (χ1v) is 8.66. The highest BCUT2D eigenvalue weighted by Crippen LogP contribution is 2.36. The van der Waals surface area contributed by atoms with Crippen LogP contribution >= 0.6 is 0 Å². The molecule has 134 valence electrons. The zero-order valence-electron chi connectivity index (χ0n) is 15.4. The van der Waals surface area contributed by atoms with Gasteiger partial charge in [-0.1, -0.05) is 36.4 Å². The van der Waals surface area contributed by atoms with Crippen molar-refractivity contribution >= 4 is 0 Å². The molecule has 0 saturated heterocycles. The van der Waals surface area contributed by atoms with E-state index in [1.165, 1.54) is 0 Å². The van der Waals surface area contributed by atoms with Crippen molar-refractivity contribution in [1.29, 1.82) is 0 Å². The minimum absolute atomic E-state index is 0.190. The summed E-state index contributed by atoms with van der Waals surface area (Å²) >= 11 is 0. The van der Waals surface area contributed by atoms with Crippen LogP contribution in [0.2, 0.25) is 0 Å². The van der Waals surface area contributed by atoms with Crippen LogP contribution in [0.4, 0.5) is 0 Å². The molecule has 0 spiro atoms. The van der Waals surface area contributed by atoms with E-state index in [2.05, 4.69) is 41.5 Å². The van der Waals surface area contributed by atoms with E-state index in [0.29, 0.717) is 6.54 Å². The van der Waals surface area contributed by atoms with Gasteiger partial charge in [-0.15, -0.1) is 0 Å². The number of pyridine rings is 1. The van der Waals surface area contributed by atoms with E-state index in [1.807, 2.05) is 36.5 Å². The van der Waals surface area contributed by atoms with Gasteiger partial charge in [0, 0.05) is 42.2 Å². The standard InChI is InChI=1S/C22H24N2O2/c1-16(18-10-7-11-23-14-18)24-15-19-12-20(17-8-5-4-6-9-17)22(26-3)13-21(19)25-2/h4-14,16,24H,15H2,1-3H3. The Balaban J connectivity index is 1.88. The summed E-state index contributed by atoms with van der Waals surface area (Å²) in [7, 11) is 3.37. The number of benzene rings is 2. The van der Waals surface area contributed by atoms with Gasteiger partial charge in [0.25, 0.3) is 0 Å². The quantitative estimate of drug-likeness (QED) is 0.677. The van der Waals surface area contributed by atoms with Crippen molar-refractivity contribution < 1.29 is 9.47 Å². The van der Waals surface area contributed by atoms with Gasteiger partial charge >= 0.3 is 0 Å². The monoisotopic (exact) mass is 348 g/mol. The predicted molar refractivity (Wildman–Crippen MR) is 104 cm³/mol. The molecule has 3 rings (SSSR count). The van der Waals surface area contributed by atoms with Crippen LogP contribution in [0.1, 0.15) is 24.1 Å². The van der Waals surface area contributed by atoms with Crippen molar-refractivity contribution in [2.45, 2.75) is 19.5 Å². The molecule has 0 aliphatic heterocycles. The number of hydrogen-bond donors (Lipinski definition) is 1. The lowest BCUT2D eigenvalue weighted by molar-refractivity contribution is 0.390. The minimum Gasteiger partial charge on any atom is -0.496 e. The zero-order chi connectivity index (χ0) is 18.4. The molecular formula is C22H24N2O2. The summed E-state index contributed by atoms with van der Waals surface area (Å²) in [6.45, 7) is 2.81. The molecule has 0 saturated carbocycles. The van der Waals surface area contributed by atoms with Crippen LogP contribution in [0, 0.1) is 0 Å². The molecule has 1 atom stereocenters. The lowest BCUT2D eigenvalue weighted by atomic mass is 10.0. The maximum absolute atomic E-state index is 5.58. The molecule has 1 aromatic heterocycles. The van der Waals surface area contributed by atoms with Crippen LogP contribution in [0.5, 0.6) is 11.5 Å². The molecule has 4 nitrogen and oxygen atoms in total. The molecule has 1 N–H and O–H groups in total. The Morgan fingerprint density at radius 1 is 0.962 bits per heavy atom. The molecule has 0 aliphatic rings. The highest BCUT2D eigenvalue weighted by atomic mass is 16.5. The average Bonchev–Trinajstić information content (AvgIpc) is 2.72. The summed E-state index contributed by atoms with van der Waals surface area (Å²) in [6.07, 6.45) is 3.67. The molecule has 0 bridgehead atoms. The maximum Gasteiger partial charge on any atom is 0.130 e. The summed E-state index contributed by atoms with van der Waals surface area (Å²) < 4.78 is 11.2. The first-order chi connectivity index (χ1) is 12.7. The summed E-state index contributed by atoms with van der Waals surface area (Å²) in [5.41, 5.74) is 4.42. The van der Waals surface area contributed by atoms with Crippen LogP contribution in [0.15, 0.2) is 67.0 Å². The molecular weight excluding hydrogens is 324 g/mol. The number of hydrogen-bond acceptors (Lipinski definition) is 4.